The van der Waals surface area contributed by atoms with Crippen molar-refractivity contribution in [1.29, 1.82) is 0 Å². The van der Waals surface area contributed by atoms with E-state index in [2.05, 4.69) is 15.5 Å². The van der Waals surface area contributed by atoms with Gasteiger partial charge in [-0.25, -0.2) is 0 Å². The predicted molar refractivity (Wildman–Crippen MR) is 71.2 cm³/mol. The topological polar surface area (TPSA) is 51.0 Å². The van der Waals surface area contributed by atoms with Crippen molar-refractivity contribution in [1.82, 2.24) is 15.5 Å². The smallest absolute Gasteiger partial charge is 0.226 e. The Labute approximate surface area is 105 Å². The molecule has 1 aromatic rings. The maximum Gasteiger partial charge on any atom is 0.226 e. The molecule has 1 saturated carbocycles. The van der Waals surface area contributed by atoms with Crippen molar-refractivity contribution in [3.05, 3.63) is 11.7 Å². The minimum Gasteiger partial charge on any atom is -0.339 e. The molecular formula is C13H27N3O. The van der Waals surface area contributed by atoms with Gasteiger partial charge < -0.3 is 9.84 Å². The third kappa shape index (κ3) is 6.41. The highest BCUT2D eigenvalue weighted by molar-refractivity contribution is 5.03. The molecule has 1 N–H and O–H groups in total. The highest BCUT2D eigenvalue weighted by Gasteiger charge is 2.28. The first-order valence-corrected chi connectivity index (χ1v) is 6.87. The quantitative estimate of drug-likeness (QED) is 0.805. The van der Waals surface area contributed by atoms with Crippen LogP contribution in [0, 0.1) is 0 Å². The van der Waals surface area contributed by atoms with Gasteiger partial charge in [0, 0.05) is 12.3 Å². The van der Waals surface area contributed by atoms with Gasteiger partial charge in [0.05, 0.1) is 0 Å². The summed E-state index contributed by atoms with van der Waals surface area (Å²) in [5, 5.41) is 7.04. The summed E-state index contributed by atoms with van der Waals surface area (Å²) in [4.78, 5) is 4.34. The lowest BCUT2D eigenvalue weighted by Crippen LogP contribution is -2.08. The minimum absolute atomic E-state index is 0.599. The maximum atomic E-state index is 5.12. The zero-order valence-corrected chi connectivity index (χ0v) is 11.9. The Bertz CT molecular complexity index is 269. The Morgan fingerprint density at radius 1 is 1.24 bits per heavy atom. The van der Waals surface area contributed by atoms with Gasteiger partial charge in [0.15, 0.2) is 5.82 Å². The van der Waals surface area contributed by atoms with E-state index in [0.717, 1.165) is 31.1 Å². The summed E-state index contributed by atoms with van der Waals surface area (Å²) in [6.07, 6.45) is 4.41. The summed E-state index contributed by atoms with van der Waals surface area (Å²) in [5.41, 5.74) is 0. The molecule has 1 aliphatic rings. The van der Waals surface area contributed by atoms with Crippen LogP contribution in [0.2, 0.25) is 0 Å². The molecule has 0 aromatic carbocycles. The van der Waals surface area contributed by atoms with Crippen molar-refractivity contribution < 1.29 is 4.52 Å². The molecule has 2 rings (SSSR count). The molecule has 0 unspecified atom stereocenters. The normalized spacial score (nSPS) is 13.2. The van der Waals surface area contributed by atoms with E-state index in [-0.39, 0.29) is 0 Å². The highest BCUT2D eigenvalue weighted by Crippen LogP contribution is 2.38. The molecule has 1 heterocycles. The van der Waals surface area contributed by atoms with Crippen LogP contribution >= 0.6 is 0 Å². The number of hydrogen-bond donors (Lipinski definition) is 1. The van der Waals surface area contributed by atoms with Crippen LogP contribution in [-0.4, -0.2) is 23.7 Å². The van der Waals surface area contributed by atoms with Crippen LogP contribution in [0.15, 0.2) is 4.52 Å². The van der Waals surface area contributed by atoms with Gasteiger partial charge >= 0.3 is 0 Å². The summed E-state index contributed by atoms with van der Waals surface area (Å²) in [6.45, 7) is 9.00. The molecular weight excluding hydrogens is 214 g/mol. The van der Waals surface area contributed by atoms with Crippen molar-refractivity contribution in [2.45, 2.75) is 59.3 Å². The van der Waals surface area contributed by atoms with Gasteiger partial charge in [-0.1, -0.05) is 32.9 Å². The van der Waals surface area contributed by atoms with Crippen molar-refractivity contribution in [3.63, 3.8) is 0 Å². The number of rotatable bonds is 5. The maximum absolute atomic E-state index is 5.12. The zero-order valence-electron chi connectivity index (χ0n) is 11.9. The summed E-state index contributed by atoms with van der Waals surface area (Å²) in [7, 11) is 1.95. The number of aryl methyl sites for hydroxylation is 1. The molecule has 100 valence electrons. The number of hydrogen-bond acceptors (Lipinski definition) is 4. The van der Waals surface area contributed by atoms with Gasteiger partial charge in [0.25, 0.3) is 0 Å². The lowest BCUT2D eigenvalue weighted by atomic mass is 10.3. The standard InChI is InChI=1S/C9H15N3O.2C2H6/c1-10-6-2-3-8-11-9(12-13-8)7-4-5-7;2*1-2/h7,10H,2-6H2,1H3;2*1-2H3. The minimum atomic E-state index is 0.599. The number of nitrogens with zero attached hydrogens (tertiary/aromatic N) is 2. The molecule has 0 atom stereocenters. The summed E-state index contributed by atoms with van der Waals surface area (Å²) in [6, 6.07) is 0. The summed E-state index contributed by atoms with van der Waals surface area (Å²) < 4.78 is 5.12. The Morgan fingerprint density at radius 3 is 2.41 bits per heavy atom. The second kappa shape index (κ2) is 10.3. The molecule has 1 fully saturated rings. The van der Waals surface area contributed by atoms with E-state index in [0.29, 0.717) is 5.92 Å². The second-order valence-electron chi connectivity index (χ2n) is 3.53. The molecule has 4 nitrogen and oxygen atoms in total. The third-order valence-corrected chi connectivity index (χ3v) is 2.24. The molecule has 0 amide bonds. The molecule has 1 aromatic heterocycles. The van der Waals surface area contributed by atoms with Crippen molar-refractivity contribution in [3.8, 4) is 0 Å². The van der Waals surface area contributed by atoms with Crippen LogP contribution in [0.1, 0.15) is 64.6 Å². The van der Waals surface area contributed by atoms with E-state index in [9.17, 15) is 0 Å². The molecule has 1 aliphatic carbocycles. The number of aromatic nitrogens is 2. The average molecular weight is 241 g/mol. The first-order valence-electron chi connectivity index (χ1n) is 6.87. The lowest BCUT2D eigenvalue weighted by Gasteiger charge is -1.93. The van der Waals surface area contributed by atoms with E-state index >= 15 is 0 Å². The number of nitrogens with one attached hydrogen (secondary N) is 1. The summed E-state index contributed by atoms with van der Waals surface area (Å²) in [5.74, 6) is 2.30. The van der Waals surface area contributed by atoms with Crippen molar-refractivity contribution in [2.75, 3.05) is 13.6 Å². The molecule has 0 bridgehead atoms. The monoisotopic (exact) mass is 241 g/mol. The average Bonchev–Trinajstić information content (AvgIpc) is 3.15. The van der Waals surface area contributed by atoms with Crippen LogP contribution in [0.5, 0.6) is 0 Å². The molecule has 17 heavy (non-hydrogen) atoms. The van der Waals surface area contributed by atoms with Gasteiger partial charge in [-0.2, -0.15) is 4.98 Å². The van der Waals surface area contributed by atoms with Gasteiger partial charge in [-0.05, 0) is 32.9 Å². The molecule has 0 spiro atoms. The van der Waals surface area contributed by atoms with Gasteiger partial charge in [-0.3, -0.25) is 0 Å². The van der Waals surface area contributed by atoms with Crippen LogP contribution < -0.4 is 5.32 Å². The lowest BCUT2D eigenvalue weighted by molar-refractivity contribution is 0.370. The highest BCUT2D eigenvalue weighted by atomic mass is 16.5. The van der Waals surface area contributed by atoms with Gasteiger partial charge in [0.1, 0.15) is 0 Å². The van der Waals surface area contributed by atoms with E-state index in [1.165, 1.54) is 12.8 Å². The molecule has 4 heteroatoms. The summed E-state index contributed by atoms with van der Waals surface area (Å²) >= 11 is 0. The van der Waals surface area contributed by atoms with Crippen molar-refractivity contribution >= 4 is 0 Å². The molecule has 0 saturated heterocycles. The first kappa shape index (κ1) is 16.1. The van der Waals surface area contributed by atoms with E-state index in [1.807, 2.05) is 34.7 Å². The third-order valence-electron chi connectivity index (χ3n) is 2.24. The fraction of sp³-hybridized carbons (Fsp3) is 0.846. The Hall–Kier alpha value is -0.900. The van der Waals surface area contributed by atoms with E-state index < -0.39 is 0 Å². The largest absolute Gasteiger partial charge is 0.339 e. The van der Waals surface area contributed by atoms with Gasteiger partial charge in [-0.15, -0.1) is 0 Å². The molecule has 0 radical (unpaired) electrons. The Morgan fingerprint density at radius 2 is 1.88 bits per heavy atom. The zero-order chi connectivity index (χ0) is 13.1. The fourth-order valence-electron chi connectivity index (χ4n) is 1.29. The predicted octanol–water partition coefficient (Wildman–Crippen LogP) is 3.15. The van der Waals surface area contributed by atoms with Crippen LogP contribution in [0.3, 0.4) is 0 Å². The second-order valence-corrected chi connectivity index (χ2v) is 3.53. The Balaban J connectivity index is 0.000000581. The van der Waals surface area contributed by atoms with Crippen LogP contribution in [-0.2, 0) is 6.42 Å². The van der Waals surface area contributed by atoms with E-state index in [4.69, 9.17) is 4.52 Å². The molecule has 0 aliphatic heterocycles. The van der Waals surface area contributed by atoms with E-state index in [1.54, 1.807) is 0 Å². The fourth-order valence-corrected chi connectivity index (χ4v) is 1.29. The Kier molecular flexibility index (Phi) is 9.72. The van der Waals surface area contributed by atoms with Crippen molar-refractivity contribution in [2.24, 2.45) is 0 Å². The first-order chi connectivity index (χ1) is 8.40. The van der Waals surface area contributed by atoms with Crippen LogP contribution in [0.25, 0.3) is 0 Å². The van der Waals surface area contributed by atoms with Crippen LogP contribution in [0.4, 0.5) is 0 Å². The SMILES string of the molecule is CC.CC.CNCCCc1nc(C2CC2)no1. The van der Waals surface area contributed by atoms with Gasteiger partial charge in [0.2, 0.25) is 5.89 Å².